The van der Waals surface area contributed by atoms with E-state index in [2.05, 4.69) is 5.16 Å². The van der Waals surface area contributed by atoms with Crippen molar-refractivity contribution < 1.29 is 14.4 Å². The fourth-order valence-electron chi connectivity index (χ4n) is 2.00. The zero-order chi connectivity index (χ0) is 16.8. The molecule has 0 aliphatic rings. The largest absolute Gasteiger partial charge is 0.482 e. The predicted octanol–water partition coefficient (Wildman–Crippen LogP) is 2.85. The van der Waals surface area contributed by atoms with Gasteiger partial charge in [-0.2, -0.15) is 0 Å². The summed E-state index contributed by atoms with van der Waals surface area (Å²) in [6.07, 6.45) is 0. The topological polar surface area (TPSA) is 73.9 Å². The van der Waals surface area contributed by atoms with E-state index in [1.807, 2.05) is 51.1 Å². The smallest absolute Gasteiger partial charge is 0.372 e. The minimum atomic E-state index is -0.610. The predicted molar refractivity (Wildman–Crippen MR) is 89.4 cm³/mol. The Labute approximate surface area is 135 Å². The van der Waals surface area contributed by atoms with Gasteiger partial charge in [0.05, 0.1) is 0 Å². The summed E-state index contributed by atoms with van der Waals surface area (Å²) in [5, 5.41) is 3.65. The molecular weight excluding hydrogens is 292 g/mol. The molecule has 0 amide bonds. The number of carbonyl (C=O) groups excluding carboxylic acids is 1. The van der Waals surface area contributed by atoms with Crippen LogP contribution in [0.4, 0.5) is 0 Å². The van der Waals surface area contributed by atoms with Gasteiger partial charge in [0, 0.05) is 5.56 Å². The quantitative estimate of drug-likeness (QED) is 0.399. The zero-order valence-corrected chi connectivity index (χ0v) is 13.5. The van der Waals surface area contributed by atoms with Crippen molar-refractivity contribution in [1.82, 2.24) is 0 Å². The van der Waals surface area contributed by atoms with Crippen molar-refractivity contribution in [1.29, 1.82) is 0 Å². The van der Waals surface area contributed by atoms with Gasteiger partial charge in [0.25, 0.3) is 0 Å². The first-order valence-electron chi connectivity index (χ1n) is 7.26. The number of oxime groups is 1. The summed E-state index contributed by atoms with van der Waals surface area (Å²) in [5.74, 6) is 0.188. The van der Waals surface area contributed by atoms with Crippen LogP contribution in [0.25, 0.3) is 0 Å². The minimum absolute atomic E-state index is 0.147. The van der Waals surface area contributed by atoms with Crippen molar-refractivity contribution >= 4 is 11.8 Å². The van der Waals surface area contributed by atoms with E-state index < -0.39 is 5.97 Å². The molecule has 2 aromatic carbocycles. The van der Waals surface area contributed by atoms with Crippen molar-refractivity contribution in [3.05, 3.63) is 64.7 Å². The van der Waals surface area contributed by atoms with E-state index in [0.717, 1.165) is 16.7 Å². The van der Waals surface area contributed by atoms with Gasteiger partial charge >= 0.3 is 5.97 Å². The van der Waals surface area contributed by atoms with Gasteiger partial charge in [-0.15, -0.1) is 0 Å². The Morgan fingerprint density at radius 3 is 2.61 bits per heavy atom. The molecule has 120 valence electrons. The van der Waals surface area contributed by atoms with Gasteiger partial charge in [0.2, 0.25) is 0 Å². The fourth-order valence-corrected chi connectivity index (χ4v) is 2.00. The van der Waals surface area contributed by atoms with Crippen LogP contribution in [0.2, 0.25) is 0 Å². The molecule has 2 rings (SSSR count). The maximum absolute atomic E-state index is 11.7. The average molecular weight is 312 g/mol. The van der Waals surface area contributed by atoms with E-state index in [-0.39, 0.29) is 12.4 Å². The van der Waals surface area contributed by atoms with Crippen molar-refractivity contribution in [2.24, 2.45) is 10.9 Å². The fraction of sp³-hybridized carbons (Fsp3) is 0.222. The van der Waals surface area contributed by atoms with Crippen molar-refractivity contribution in [3.63, 3.8) is 0 Å². The number of benzene rings is 2. The SMILES string of the molecule is Cc1cccc(C(N)=NOC(=O)COc2cccc(C)c2C)c1. The first-order valence-corrected chi connectivity index (χ1v) is 7.26. The van der Waals surface area contributed by atoms with Crippen LogP contribution in [0.3, 0.4) is 0 Å². The molecule has 0 aliphatic heterocycles. The van der Waals surface area contributed by atoms with Crippen LogP contribution in [0.1, 0.15) is 22.3 Å². The second kappa shape index (κ2) is 7.45. The number of nitrogens with zero attached hydrogens (tertiary/aromatic N) is 1. The zero-order valence-electron chi connectivity index (χ0n) is 13.5. The van der Waals surface area contributed by atoms with Gasteiger partial charge in [0.15, 0.2) is 12.4 Å². The molecule has 0 radical (unpaired) electrons. The van der Waals surface area contributed by atoms with Crippen LogP contribution in [-0.2, 0) is 9.63 Å². The molecule has 0 aliphatic carbocycles. The summed E-state index contributed by atoms with van der Waals surface area (Å²) in [6.45, 7) is 5.63. The van der Waals surface area contributed by atoms with Crippen molar-refractivity contribution in [2.75, 3.05) is 6.61 Å². The van der Waals surface area contributed by atoms with Gasteiger partial charge in [-0.3, -0.25) is 0 Å². The molecule has 0 aromatic heterocycles. The van der Waals surface area contributed by atoms with Crippen LogP contribution < -0.4 is 10.5 Å². The van der Waals surface area contributed by atoms with Gasteiger partial charge in [0.1, 0.15) is 5.75 Å². The molecule has 23 heavy (non-hydrogen) atoms. The Bertz CT molecular complexity index is 739. The molecule has 5 heteroatoms. The Morgan fingerprint density at radius 2 is 1.87 bits per heavy atom. The van der Waals surface area contributed by atoms with E-state index in [9.17, 15) is 4.79 Å². The average Bonchev–Trinajstić information content (AvgIpc) is 2.54. The number of amidine groups is 1. The third-order valence-corrected chi connectivity index (χ3v) is 3.46. The Balaban J connectivity index is 1.92. The molecule has 2 aromatic rings. The van der Waals surface area contributed by atoms with Gasteiger partial charge in [-0.25, -0.2) is 4.79 Å². The number of ether oxygens (including phenoxy) is 1. The highest BCUT2D eigenvalue weighted by molar-refractivity contribution is 5.97. The molecule has 2 N–H and O–H groups in total. The third kappa shape index (κ3) is 4.57. The normalized spacial score (nSPS) is 11.2. The van der Waals surface area contributed by atoms with Crippen LogP contribution in [0.5, 0.6) is 5.75 Å². The van der Waals surface area contributed by atoms with E-state index in [1.165, 1.54) is 0 Å². The van der Waals surface area contributed by atoms with E-state index in [1.54, 1.807) is 12.1 Å². The number of rotatable bonds is 5. The minimum Gasteiger partial charge on any atom is -0.482 e. The summed E-state index contributed by atoms with van der Waals surface area (Å²) in [6, 6.07) is 13.1. The highest BCUT2D eigenvalue weighted by atomic mass is 16.7. The Hall–Kier alpha value is -2.82. The lowest BCUT2D eigenvalue weighted by molar-refractivity contribution is -0.146. The van der Waals surface area contributed by atoms with Gasteiger partial charge in [-0.1, -0.05) is 41.1 Å². The summed E-state index contributed by atoms with van der Waals surface area (Å²) < 4.78 is 5.45. The maximum Gasteiger partial charge on any atom is 0.372 e. The van der Waals surface area contributed by atoms with Crippen LogP contribution in [0, 0.1) is 20.8 Å². The maximum atomic E-state index is 11.7. The van der Waals surface area contributed by atoms with Crippen molar-refractivity contribution in [3.8, 4) is 5.75 Å². The van der Waals surface area contributed by atoms with Crippen LogP contribution in [0.15, 0.2) is 47.6 Å². The summed E-state index contributed by atoms with van der Waals surface area (Å²) in [7, 11) is 0. The van der Waals surface area contributed by atoms with Gasteiger partial charge in [-0.05, 0) is 44.0 Å². The third-order valence-electron chi connectivity index (χ3n) is 3.46. The monoisotopic (exact) mass is 312 g/mol. The second-order valence-electron chi connectivity index (χ2n) is 5.30. The molecule has 0 saturated carbocycles. The lowest BCUT2D eigenvalue weighted by Gasteiger charge is -2.09. The number of nitrogens with two attached hydrogens (primary N) is 1. The number of hydrogen-bond donors (Lipinski definition) is 1. The van der Waals surface area contributed by atoms with E-state index >= 15 is 0 Å². The standard InChI is InChI=1S/C18H20N2O3/c1-12-6-4-8-15(10-12)18(19)20-23-17(21)11-22-16-9-5-7-13(2)14(16)3/h4-10H,11H2,1-3H3,(H2,19,20). The first-order chi connectivity index (χ1) is 11.0. The Kier molecular flexibility index (Phi) is 5.36. The highest BCUT2D eigenvalue weighted by Gasteiger charge is 2.08. The lowest BCUT2D eigenvalue weighted by atomic mass is 10.1. The summed E-state index contributed by atoms with van der Waals surface area (Å²) >= 11 is 0. The van der Waals surface area contributed by atoms with E-state index in [0.29, 0.717) is 11.3 Å². The molecule has 0 spiro atoms. The molecule has 0 heterocycles. The second-order valence-corrected chi connectivity index (χ2v) is 5.30. The molecular formula is C18H20N2O3. The molecule has 0 fully saturated rings. The summed E-state index contributed by atoms with van der Waals surface area (Å²) in [5.41, 5.74) is 9.63. The first kappa shape index (κ1) is 16.5. The number of carbonyl (C=O) groups is 1. The number of aryl methyl sites for hydroxylation is 2. The molecule has 0 saturated heterocycles. The highest BCUT2D eigenvalue weighted by Crippen LogP contribution is 2.20. The van der Waals surface area contributed by atoms with Crippen LogP contribution >= 0.6 is 0 Å². The lowest BCUT2D eigenvalue weighted by Crippen LogP contribution is -2.18. The molecule has 5 nitrogen and oxygen atoms in total. The van der Waals surface area contributed by atoms with Gasteiger partial charge < -0.3 is 15.3 Å². The molecule has 0 bridgehead atoms. The Morgan fingerprint density at radius 1 is 1.13 bits per heavy atom. The molecule has 0 unspecified atom stereocenters. The number of hydrogen-bond acceptors (Lipinski definition) is 4. The van der Waals surface area contributed by atoms with Crippen molar-refractivity contribution in [2.45, 2.75) is 20.8 Å². The van der Waals surface area contributed by atoms with Crippen LogP contribution in [-0.4, -0.2) is 18.4 Å². The molecule has 0 atom stereocenters. The summed E-state index contributed by atoms with van der Waals surface area (Å²) in [4.78, 5) is 16.5. The van der Waals surface area contributed by atoms with E-state index in [4.69, 9.17) is 15.3 Å².